The molecule has 2 N–H and O–H groups in total. The molecule has 5 nitrogen and oxygen atoms in total. The minimum absolute atomic E-state index is 0.303. The summed E-state index contributed by atoms with van der Waals surface area (Å²) >= 11 is 2.84. The molecule has 15 heavy (non-hydrogen) atoms. The first-order chi connectivity index (χ1) is 7.19. The van der Waals surface area contributed by atoms with Gasteiger partial charge in [0.1, 0.15) is 0 Å². The molecule has 0 aliphatic rings. The van der Waals surface area contributed by atoms with Crippen LogP contribution in [0, 0.1) is 0 Å². The molecule has 1 aromatic carbocycles. The maximum atomic E-state index is 11.3. The van der Waals surface area contributed by atoms with E-state index < -0.39 is 5.97 Å². The number of methoxy groups -OCH3 is 1. The highest BCUT2D eigenvalue weighted by molar-refractivity contribution is 9.08. The summed E-state index contributed by atoms with van der Waals surface area (Å²) in [6, 6.07) is 6.11. The van der Waals surface area contributed by atoms with Crippen molar-refractivity contribution in [2.75, 3.05) is 7.11 Å². The molecule has 0 fully saturated rings. The Hall–Kier alpha value is -1.40. The van der Waals surface area contributed by atoms with E-state index in [0.717, 1.165) is 0 Å². The van der Waals surface area contributed by atoms with Gasteiger partial charge in [0, 0.05) is 21.7 Å². The fraction of sp³-hybridized carbons (Fsp3) is 0.111. The van der Waals surface area contributed by atoms with Crippen LogP contribution in [0.15, 0.2) is 24.3 Å². The Balaban J connectivity index is 2.80. The summed E-state index contributed by atoms with van der Waals surface area (Å²) in [5.74, 6) is -0.733. The Morgan fingerprint density at radius 1 is 1.20 bits per heavy atom. The van der Waals surface area contributed by atoms with E-state index in [1.54, 1.807) is 0 Å². The summed E-state index contributed by atoms with van der Waals surface area (Å²) < 4.78 is 6.86. The van der Waals surface area contributed by atoms with Gasteiger partial charge < -0.3 is 4.74 Å². The highest BCUT2D eigenvalue weighted by Gasteiger charge is 2.07. The number of hydrogen-bond donors (Lipinski definition) is 2. The maximum absolute atomic E-state index is 11.3. The molecule has 80 valence electrons. The van der Waals surface area contributed by atoms with Gasteiger partial charge >= 0.3 is 5.97 Å². The predicted octanol–water partition coefficient (Wildman–Crippen LogP) is 1.02. The van der Waals surface area contributed by atoms with Crippen LogP contribution < -0.4 is 9.88 Å². The lowest BCUT2D eigenvalue weighted by Crippen LogP contribution is -2.30. The van der Waals surface area contributed by atoms with Crippen LogP contribution in [0.25, 0.3) is 0 Å². The number of halogens is 1. The van der Waals surface area contributed by atoms with Crippen molar-refractivity contribution in [3.8, 4) is 0 Å². The number of esters is 1. The molecule has 0 saturated heterocycles. The fourth-order valence-electron chi connectivity index (χ4n) is 0.991. The predicted molar refractivity (Wildman–Crippen MR) is 57.3 cm³/mol. The van der Waals surface area contributed by atoms with Gasteiger partial charge in [0.2, 0.25) is 0 Å². The van der Waals surface area contributed by atoms with Gasteiger partial charge in [-0.15, -0.1) is 0 Å². The highest BCUT2D eigenvalue weighted by atomic mass is 79.9. The number of nitrogens with one attached hydrogen (secondary N) is 2. The average molecular weight is 273 g/mol. The Morgan fingerprint density at radius 3 is 2.20 bits per heavy atom. The van der Waals surface area contributed by atoms with E-state index in [9.17, 15) is 9.59 Å². The van der Waals surface area contributed by atoms with E-state index in [2.05, 4.69) is 30.8 Å². The minimum Gasteiger partial charge on any atom is -0.465 e. The van der Waals surface area contributed by atoms with Crippen molar-refractivity contribution in [3.63, 3.8) is 0 Å². The Kier molecular flexibility index (Phi) is 4.26. The molecule has 0 bridgehead atoms. The van der Waals surface area contributed by atoms with E-state index in [1.165, 1.54) is 31.4 Å². The summed E-state index contributed by atoms with van der Waals surface area (Å²) in [4.78, 5) is 22.4. The summed E-state index contributed by atoms with van der Waals surface area (Å²) in [7, 11) is 1.30. The molecule has 0 unspecified atom stereocenters. The molecule has 0 atom stereocenters. The van der Waals surface area contributed by atoms with Gasteiger partial charge in [0.15, 0.2) is 0 Å². The summed E-state index contributed by atoms with van der Waals surface area (Å²) in [5.41, 5.74) is 3.18. The zero-order valence-corrected chi connectivity index (χ0v) is 9.50. The Morgan fingerprint density at radius 2 is 1.73 bits per heavy atom. The molecule has 0 radical (unpaired) electrons. The highest BCUT2D eigenvalue weighted by Crippen LogP contribution is 2.05. The second-order valence-electron chi connectivity index (χ2n) is 2.62. The van der Waals surface area contributed by atoms with Crippen molar-refractivity contribution in [1.82, 2.24) is 9.88 Å². The second-order valence-corrected chi connectivity index (χ2v) is 3.01. The van der Waals surface area contributed by atoms with Crippen LogP contribution in [-0.4, -0.2) is 19.0 Å². The van der Waals surface area contributed by atoms with Crippen LogP contribution in [0.1, 0.15) is 20.7 Å². The van der Waals surface area contributed by atoms with Gasteiger partial charge in [-0.25, -0.2) is 4.79 Å². The molecular weight excluding hydrogens is 264 g/mol. The van der Waals surface area contributed by atoms with Crippen molar-refractivity contribution in [1.29, 1.82) is 0 Å². The van der Waals surface area contributed by atoms with E-state index in [-0.39, 0.29) is 5.91 Å². The quantitative estimate of drug-likeness (QED) is 0.490. The first-order valence-corrected chi connectivity index (χ1v) is 4.82. The van der Waals surface area contributed by atoms with Crippen LogP contribution in [0.3, 0.4) is 0 Å². The van der Waals surface area contributed by atoms with Gasteiger partial charge in [0.25, 0.3) is 5.91 Å². The molecule has 0 aliphatic carbocycles. The molecule has 0 saturated carbocycles. The van der Waals surface area contributed by atoms with Gasteiger partial charge in [-0.3, -0.25) is 10.2 Å². The van der Waals surface area contributed by atoms with Gasteiger partial charge in [0.05, 0.1) is 12.7 Å². The Labute approximate surface area is 95.1 Å². The van der Waals surface area contributed by atoms with E-state index >= 15 is 0 Å². The molecule has 0 aliphatic heterocycles. The lowest BCUT2D eigenvalue weighted by Gasteiger charge is -2.02. The minimum atomic E-state index is -0.430. The lowest BCUT2D eigenvalue weighted by atomic mass is 10.1. The third-order valence-corrected chi connectivity index (χ3v) is 1.93. The molecule has 0 aromatic heterocycles. The van der Waals surface area contributed by atoms with Crippen molar-refractivity contribution in [2.45, 2.75) is 0 Å². The zero-order valence-electron chi connectivity index (χ0n) is 7.91. The third-order valence-electron chi connectivity index (χ3n) is 1.73. The van der Waals surface area contributed by atoms with Crippen LogP contribution >= 0.6 is 16.1 Å². The number of rotatable bonds is 3. The van der Waals surface area contributed by atoms with Crippen LogP contribution in [-0.2, 0) is 4.74 Å². The van der Waals surface area contributed by atoms with Gasteiger partial charge in [-0.2, -0.15) is 4.45 Å². The zero-order chi connectivity index (χ0) is 11.3. The van der Waals surface area contributed by atoms with E-state index in [1.807, 2.05) is 0 Å². The summed E-state index contributed by atoms with van der Waals surface area (Å²) in [6.07, 6.45) is 0. The van der Waals surface area contributed by atoms with Crippen molar-refractivity contribution < 1.29 is 14.3 Å². The first-order valence-electron chi connectivity index (χ1n) is 4.03. The smallest absolute Gasteiger partial charge is 0.337 e. The third kappa shape index (κ3) is 3.03. The fourth-order valence-corrected chi connectivity index (χ4v) is 1.17. The van der Waals surface area contributed by atoms with Crippen LogP contribution in [0.4, 0.5) is 0 Å². The summed E-state index contributed by atoms with van der Waals surface area (Å²) in [5, 5.41) is 0. The molecular formula is C9H9BrN2O3. The maximum Gasteiger partial charge on any atom is 0.337 e. The first kappa shape index (κ1) is 11.7. The standard InChI is InChI=1S/C9H9BrN2O3/c1-15-9(14)7-4-2-6(3-5-7)8(13)11-12-10/h2-5,12H,1H3,(H,11,13). The number of carbonyl (C=O) groups excluding carboxylic acids is 2. The number of hydrazine groups is 1. The van der Waals surface area contributed by atoms with Crippen LogP contribution in [0.5, 0.6) is 0 Å². The molecule has 0 heterocycles. The Bertz CT molecular complexity index is 364. The second kappa shape index (κ2) is 5.47. The lowest BCUT2D eigenvalue weighted by molar-refractivity contribution is 0.0600. The van der Waals surface area contributed by atoms with Gasteiger partial charge in [-0.1, -0.05) is 0 Å². The topological polar surface area (TPSA) is 67.4 Å². The SMILES string of the molecule is COC(=O)c1ccc(C(=O)NNBr)cc1. The summed E-state index contributed by atoms with van der Waals surface area (Å²) in [6.45, 7) is 0. The van der Waals surface area contributed by atoms with E-state index in [0.29, 0.717) is 11.1 Å². The average Bonchev–Trinajstić information content (AvgIpc) is 2.28. The molecule has 6 heteroatoms. The largest absolute Gasteiger partial charge is 0.465 e. The van der Waals surface area contributed by atoms with Gasteiger partial charge in [-0.05, 0) is 24.3 Å². The monoisotopic (exact) mass is 272 g/mol. The normalized spacial score (nSPS) is 9.47. The van der Waals surface area contributed by atoms with Crippen LogP contribution in [0.2, 0.25) is 0 Å². The number of ether oxygens (including phenoxy) is 1. The molecule has 1 amide bonds. The van der Waals surface area contributed by atoms with Crippen molar-refractivity contribution in [3.05, 3.63) is 35.4 Å². The molecule has 1 aromatic rings. The van der Waals surface area contributed by atoms with Crippen molar-refractivity contribution >= 4 is 28.0 Å². The van der Waals surface area contributed by atoms with Crippen molar-refractivity contribution in [2.24, 2.45) is 0 Å². The molecule has 0 spiro atoms. The number of carbonyl (C=O) groups is 2. The molecule has 1 rings (SSSR count). The number of benzene rings is 1. The number of amides is 1. The van der Waals surface area contributed by atoms with E-state index in [4.69, 9.17) is 0 Å². The number of hydrogen-bond acceptors (Lipinski definition) is 4.